The molecular formula is C7H8BrF2N3. The van der Waals surface area contributed by atoms with Crippen molar-refractivity contribution >= 4 is 21.6 Å². The SMILES string of the molecule is NCc1nc(C(F)F)cc(N)c1Br. The number of halogens is 3. The Labute approximate surface area is 82.3 Å². The number of alkyl halides is 2. The van der Waals surface area contributed by atoms with Gasteiger partial charge >= 0.3 is 0 Å². The van der Waals surface area contributed by atoms with Gasteiger partial charge in [0, 0.05) is 12.2 Å². The van der Waals surface area contributed by atoms with Crippen molar-refractivity contribution in [2.45, 2.75) is 13.0 Å². The number of hydrogen-bond donors (Lipinski definition) is 2. The summed E-state index contributed by atoms with van der Waals surface area (Å²) >= 11 is 3.11. The Morgan fingerprint density at radius 3 is 2.62 bits per heavy atom. The lowest BCUT2D eigenvalue weighted by Crippen LogP contribution is -2.06. The molecule has 13 heavy (non-hydrogen) atoms. The van der Waals surface area contributed by atoms with Crippen LogP contribution in [0.5, 0.6) is 0 Å². The number of pyridine rings is 1. The molecule has 0 saturated carbocycles. The van der Waals surface area contributed by atoms with Gasteiger partial charge in [-0.05, 0) is 22.0 Å². The van der Waals surface area contributed by atoms with Gasteiger partial charge in [0.15, 0.2) is 0 Å². The maximum Gasteiger partial charge on any atom is 0.280 e. The van der Waals surface area contributed by atoms with E-state index >= 15 is 0 Å². The van der Waals surface area contributed by atoms with E-state index in [0.29, 0.717) is 10.2 Å². The maximum absolute atomic E-state index is 12.2. The van der Waals surface area contributed by atoms with Gasteiger partial charge in [-0.3, -0.25) is 0 Å². The standard InChI is InChI=1S/C7H8BrF2N3/c8-6-3(12)1-4(7(9)10)13-5(6)2-11/h1,7H,2,11H2,(H2,12,13). The molecule has 0 spiro atoms. The van der Waals surface area contributed by atoms with E-state index in [-0.39, 0.29) is 17.9 Å². The summed E-state index contributed by atoms with van der Waals surface area (Å²) in [5.41, 5.74) is 11.0. The van der Waals surface area contributed by atoms with E-state index < -0.39 is 6.43 Å². The normalized spacial score (nSPS) is 10.8. The first-order valence-corrected chi connectivity index (χ1v) is 4.28. The molecule has 4 N–H and O–H groups in total. The van der Waals surface area contributed by atoms with Crippen molar-refractivity contribution < 1.29 is 8.78 Å². The van der Waals surface area contributed by atoms with Crippen molar-refractivity contribution in [1.29, 1.82) is 0 Å². The van der Waals surface area contributed by atoms with Crippen LogP contribution in [0.15, 0.2) is 10.5 Å². The van der Waals surface area contributed by atoms with Crippen LogP contribution < -0.4 is 11.5 Å². The summed E-state index contributed by atoms with van der Waals surface area (Å²) in [6.45, 7) is 0.0747. The quantitative estimate of drug-likeness (QED) is 0.843. The third-order valence-corrected chi connectivity index (χ3v) is 2.41. The Hall–Kier alpha value is -0.750. The first kappa shape index (κ1) is 10.3. The average molecular weight is 252 g/mol. The van der Waals surface area contributed by atoms with Gasteiger partial charge in [-0.1, -0.05) is 0 Å². The van der Waals surface area contributed by atoms with E-state index in [0.717, 1.165) is 6.07 Å². The molecule has 0 aliphatic rings. The Morgan fingerprint density at radius 1 is 1.54 bits per heavy atom. The van der Waals surface area contributed by atoms with E-state index in [2.05, 4.69) is 20.9 Å². The van der Waals surface area contributed by atoms with Crippen molar-refractivity contribution in [3.8, 4) is 0 Å². The highest BCUT2D eigenvalue weighted by atomic mass is 79.9. The van der Waals surface area contributed by atoms with Crippen molar-refractivity contribution in [1.82, 2.24) is 4.98 Å². The lowest BCUT2D eigenvalue weighted by Gasteiger charge is -2.07. The fourth-order valence-corrected chi connectivity index (χ4v) is 1.24. The summed E-state index contributed by atoms with van der Waals surface area (Å²) in [7, 11) is 0. The number of nitrogens with two attached hydrogens (primary N) is 2. The molecule has 0 aromatic carbocycles. The molecule has 0 fully saturated rings. The van der Waals surface area contributed by atoms with Crippen LogP contribution in [0, 0.1) is 0 Å². The second-order valence-corrected chi connectivity index (χ2v) is 3.19. The minimum absolute atomic E-state index is 0.0747. The zero-order valence-electron chi connectivity index (χ0n) is 6.60. The van der Waals surface area contributed by atoms with Crippen LogP contribution >= 0.6 is 15.9 Å². The molecule has 3 nitrogen and oxygen atoms in total. The zero-order chi connectivity index (χ0) is 10.0. The molecule has 0 saturated heterocycles. The van der Waals surface area contributed by atoms with E-state index in [1.165, 1.54) is 0 Å². The Kier molecular flexibility index (Phi) is 3.16. The molecule has 0 bridgehead atoms. The first-order valence-electron chi connectivity index (χ1n) is 3.49. The van der Waals surface area contributed by atoms with Crippen molar-refractivity contribution in [3.63, 3.8) is 0 Å². The lowest BCUT2D eigenvalue weighted by molar-refractivity contribution is 0.146. The molecular weight excluding hydrogens is 244 g/mol. The van der Waals surface area contributed by atoms with Gasteiger partial charge in [0.25, 0.3) is 6.43 Å². The van der Waals surface area contributed by atoms with Crippen LogP contribution in [0.1, 0.15) is 17.8 Å². The van der Waals surface area contributed by atoms with Crippen LogP contribution in [0.4, 0.5) is 14.5 Å². The fourth-order valence-electron chi connectivity index (χ4n) is 0.874. The minimum Gasteiger partial charge on any atom is -0.398 e. The second kappa shape index (κ2) is 3.97. The van der Waals surface area contributed by atoms with Crippen molar-refractivity contribution in [2.75, 3.05) is 5.73 Å². The van der Waals surface area contributed by atoms with Gasteiger partial charge < -0.3 is 11.5 Å². The molecule has 1 heterocycles. The first-order chi connectivity index (χ1) is 6.06. The van der Waals surface area contributed by atoms with E-state index in [9.17, 15) is 8.78 Å². The van der Waals surface area contributed by atoms with Gasteiger partial charge in [-0.25, -0.2) is 13.8 Å². The summed E-state index contributed by atoms with van der Waals surface area (Å²) in [6, 6.07) is 1.13. The number of nitrogens with zero attached hydrogens (tertiary/aromatic N) is 1. The predicted octanol–water partition coefficient (Wildman–Crippen LogP) is 1.82. The Balaban J connectivity index is 3.22. The molecule has 1 aromatic rings. The van der Waals surface area contributed by atoms with Gasteiger partial charge in [0.1, 0.15) is 5.69 Å². The highest BCUT2D eigenvalue weighted by Crippen LogP contribution is 2.27. The predicted molar refractivity (Wildman–Crippen MR) is 49.2 cm³/mol. The largest absolute Gasteiger partial charge is 0.398 e. The van der Waals surface area contributed by atoms with Crippen LogP contribution in [-0.2, 0) is 6.54 Å². The van der Waals surface area contributed by atoms with E-state index in [1.54, 1.807) is 0 Å². The van der Waals surface area contributed by atoms with Crippen LogP contribution in [0.25, 0.3) is 0 Å². The number of nitrogen functional groups attached to an aromatic ring is 1. The monoisotopic (exact) mass is 251 g/mol. The Bertz CT molecular complexity index is 317. The lowest BCUT2D eigenvalue weighted by atomic mass is 10.2. The molecule has 1 rings (SSSR count). The molecule has 0 aliphatic carbocycles. The number of aromatic nitrogens is 1. The highest BCUT2D eigenvalue weighted by Gasteiger charge is 2.13. The summed E-state index contributed by atoms with van der Waals surface area (Å²) in [6.07, 6.45) is -2.62. The topological polar surface area (TPSA) is 64.9 Å². The summed E-state index contributed by atoms with van der Waals surface area (Å²) < 4.78 is 24.9. The summed E-state index contributed by atoms with van der Waals surface area (Å²) in [5, 5.41) is 0. The third-order valence-electron chi connectivity index (χ3n) is 1.49. The van der Waals surface area contributed by atoms with Crippen LogP contribution in [0.2, 0.25) is 0 Å². The van der Waals surface area contributed by atoms with E-state index in [4.69, 9.17) is 11.5 Å². The number of hydrogen-bond acceptors (Lipinski definition) is 3. The Morgan fingerprint density at radius 2 is 2.15 bits per heavy atom. The maximum atomic E-state index is 12.2. The summed E-state index contributed by atoms with van der Waals surface area (Å²) in [5.74, 6) is 0. The molecule has 0 atom stereocenters. The van der Waals surface area contributed by atoms with Crippen LogP contribution in [-0.4, -0.2) is 4.98 Å². The summed E-state index contributed by atoms with van der Waals surface area (Å²) in [4.78, 5) is 3.65. The number of rotatable bonds is 2. The minimum atomic E-state index is -2.62. The van der Waals surface area contributed by atoms with Crippen molar-refractivity contribution in [2.24, 2.45) is 5.73 Å². The molecule has 0 radical (unpaired) electrons. The molecule has 0 aliphatic heterocycles. The van der Waals surface area contributed by atoms with Gasteiger partial charge in [-0.15, -0.1) is 0 Å². The molecule has 0 amide bonds. The van der Waals surface area contributed by atoms with Gasteiger partial charge in [-0.2, -0.15) is 0 Å². The van der Waals surface area contributed by atoms with Gasteiger partial charge in [0.2, 0.25) is 0 Å². The highest BCUT2D eigenvalue weighted by molar-refractivity contribution is 9.10. The second-order valence-electron chi connectivity index (χ2n) is 2.40. The van der Waals surface area contributed by atoms with Crippen molar-refractivity contribution in [3.05, 3.63) is 21.9 Å². The van der Waals surface area contributed by atoms with Gasteiger partial charge in [0.05, 0.1) is 10.2 Å². The molecule has 1 aromatic heterocycles. The smallest absolute Gasteiger partial charge is 0.280 e. The average Bonchev–Trinajstić information content (AvgIpc) is 2.09. The molecule has 6 heteroatoms. The van der Waals surface area contributed by atoms with E-state index in [1.807, 2.05) is 0 Å². The fraction of sp³-hybridized carbons (Fsp3) is 0.286. The number of anilines is 1. The molecule has 72 valence electrons. The third kappa shape index (κ3) is 2.13. The van der Waals surface area contributed by atoms with Crippen LogP contribution in [0.3, 0.4) is 0 Å². The molecule has 0 unspecified atom stereocenters. The zero-order valence-corrected chi connectivity index (χ0v) is 8.18.